The molecule has 0 amide bonds. The summed E-state index contributed by atoms with van der Waals surface area (Å²) in [7, 11) is 0. The van der Waals surface area contributed by atoms with Gasteiger partial charge in [0, 0.05) is 12.8 Å². The Kier molecular flexibility index (Phi) is 33.4. The molecule has 45 heavy (non-hydrogen) atoms. The maximum absolute atomic E-state index is 12.0. The van der Waals surface area contributed by atoms with Crippen LogP contribution in [0.25, 0.3) is 0 Å². The number of rotatable bonds is 35. The van der Waals surface area contributed by atoms with Crippen molar-refractivity contribution in [3.05, 3.63) is 0 Å². The molecule has 0 aromatic heterocycles. The molecule has 5 nitrogen and oxygen atoms in total. The van der Waals surface area contributed by atoms with Gasteiger partial charge in [0.15, 0.2) is 0 Å². The SMILES string of the molecule is CCC(C)CCCCCCCCCCC(=O)OC[C@@H](O)COC(=O)CCCCCCCCCCCCCCCCCCC(C)C. The third-order valence-corrected chi connectivity index (χ3v) is 9.31. The fourth-order valence-electron chi connectivity index (χ4n) is 5.89. The molecule has 0 saturated carbocycles. The van der Waals surface area contributed by atoms with Gasteiger partial charge in [-0.05, 0) is 24.7 Å². The molecular formula is C40H78O5. The molecule has 268 valence electrons. The van der Waals surface area contributed by atoms with Crippen LogP contribution in [0.3, 0.4) is 0 Å². The number of unbranched alkanes of at least 4 members (excludes halogenated alkanes) is 22. The molecule has 0 aromatic carbocycles. The van der Waals surface area contributed by atoms with Gasteiger partial charge in [0.2, 0.25) is 0 Å². The van der Waals surface area contributed by atoms with Crippen LogP contribution in [0.2, 0.25) is 0 Å². The van der Waals surface area contributed by atoms with Crippen LogP contribution in [0.1, 0.15) is 214 Å². The van der Waals surface area contributed by atoms with E-state index in [1.165, 1.54) is 141 Å². The van der Waals surface area contributed by atoms with Crippen LogP contribution in [0.4, 0.5) is 0 Å². The number of esters is 2. The lowest BCUT2D eigenvalue weighted by atomic mass is 9.99. The molecule has 0 radical (unpaired) electrons. The lowest BCUT2D eigenvalue weighted by Crippen LogP contribution is -2.25. The van der Waals surface area contributed by atoms with Gasteiger partial charge in [-0.25, -0.2) is 0 Å². The Hall–Kier alpha value is -1.10. The lowest BCUT2D eigenvalue weighted by Gasteiger charge is -2.12. The first-order valence-corrected chi connectivity index (χ1v) is 19.8. The number of hydrogen-bond acceptors (Lipinski definition) is 5. The zero-order valence-electron chi connectivity index (χ0n) is 30.7. The maximum Gasteiger partial charge on any atom is 0.305 e. The quantitative estimate of drug-likeness (QED) is 0.0552. The highest BCUT2D eigenvalue weighted by molar-refractivity contribution is 5.69. The highest BCUT2D eigenvalue weighted by Gasteiger charge is 2.12. The summed E-state index contributed by atoms with van der Waals surface area (Å²) in [6.07, 6.45) is 34.4. The van der Waals surface area contributed by atoms with Gasteiger partial charge in [-0.15, -0.1) is 0 Å². The van der Waals surface area contributed by atoms with Crippen LogP contribution in [-0.2, 0) is 19.1 Å². The van der Waals surface area contributed by atoms with Crippen molar-refractivity contribution < 1.29 is 24.2 Å². The van der Waals surface area contributed by atoms with Crippen LogP contribution in [0.15, 0.2) is 0 Å². The van der Waals surface area contributed by atoms with Crippen molar-refractivity contribution in [1.29, 1.82) is 0 Å². The number of aliphatic hydroxyl groups excluding tert-OH is 1. The molecule has 0 spiro atoms. The highest BCUT2D eigenvalue weighted by atomic mass is 16.6. The van der Waals surface area contributed by atoms with E-state index in [9.17, 15) is 14.7 Å². The van der Waals surface area contributed by atoms with Crippen LogP contribution in [0, 0.1) is 11.8 Å². The third-order valence-electron chi connectivity index (χ3n) is 9.31. The van der Waals surface area contributed by atoms with Gasteiger partial charge in [-0.1, -0.05) is 188 Å². The molecule has 0 aromatic rings. The largest absolute Gasteiger partial charge is 0.463 e. The zero-order chi connectivity index (χ0) is 33.2. The first-order chi connectivity index (χ1) is 21.8. The third kappa shape index (κ3) is 35.6. The Bertz CT molecular complexity index is 634. The van der Waals surface area contributed by atoms with Gasteiger partial charge >= 0.3 is 11.9 Å². The molecule has 0 fully saturated rings. The summed E-state index contributed by atoms with van der Waals surface area (Å²) < 4.78 is 10.3. The summed E-state index contributed by atoms with van der Waals surface area (Å²) >= 11 is 0. The van der Waals surface area contributed by atoms with Gasteiger partial charge in [-0.3, -0.25) is 9.59 Å². The molecule has 0 saturated heterocycles. The predicted molar refractivity (Wildman–Crippen MR) is 191 cm³/mol. The summed E-state index contributed by atoms with van der Waals surface area (Å²) in [6.45, 7) is 9.03. The molecule has 0 aliphatic rings. The fraction of sp³-hybridized carbons (Fsp3) is 0.950. The van der Waals surface area contributed by atoms with E-state index in [1.807, 2.05) is 0 Å². The summed E-state index contributed by atoms with van der Waals surface area (Å²) in [5.74, 6) is 1.16. The second-order valence-electron chi connectivity index (χ2n) is 14.5. The van der Waals surface area contributed by atoms with Crippen molar-refractivity contribution in [2.75, 3.05) is 13.2 Å². The Balaban J connectivity index is 3.38. The van der Waals surface area contributed by atoms with E-state index in [2.05, 4.69) is 27.7 Å². The number of carbonyl (C=O) groups is 2. The summed E-state index contributed by atoms with van der Waals surface area (Å²) in [6, 6.07) is 0. The lowest BCUT2D eigenvalue weighted by molar-refractivity contribution is -0.152. The van der Waals surface area contributed by atoms with Gasteiger partial charge in [0.25, 0.3) is 0 Å². The molecule has 0 bridgehead atoms. The molecule has 0 heterocycles. The minimum atomic E-state index is -0.956. The van der Waals surface area contributed by atoms with Crippen LogP contribution in [-0.4, -0.2) is 36.4 Å². The molecule has 0 aliphatic carbocycles. The molecule has 5 heteroatoms. The molecule has 0 rings (SSSR count). The van der Waals surface area contributed by atoms with Crippen molar-refractivity contribution in [3.8, 4) is 0 Å². The standard InChI is InChI=1S/C40H78O5/c1-5-37(4)31-27-23-19-16-17-21-25-29-33-40(43)45-35-38(41)34-44-39(42)32-28-24-20-15-13-11-9-7-6-8-10-12-14-18-22-26-30-36(2)3/h36-38,41H,5-35H2,1-4H3/t37?,38-/m0/s1. The number of ether oxygens (including phenoxy) is 2. The average molecular weight is 639 g/mol. The van der Waals surface area contributed by atoms with E-state index in [0.717, 1.165) is 43.9 Å². The van der Waals surface area contributed by atoms with E-state index in [-0.39, 0.29) is 25.2 Å². The van der Waals surface area contributed by atoms with Crippen LogP contribution >= 0.6 is 0 Å². The predicted octanol–water partition coefficient (Wildman–Crippen LogP) is 12.1. The normalized spacial score (nSPS) is 12.8. The summed E-state index contributed by atoms with van der Waals surface area (Å²) in [4.78, 5) is 23.9. The van der Waals surface area contributed by atoms with Gasteiger partial charge in [0.05, 0.1) is 0 Å². The Morgan fingerprint density at radius 2 is 0.756 bits per heavy atom. The Morgan fingerprint density at radius 3 is 1.07 bits per heavy atom. The maximum atomic E-state index is 12.0. The van der Waals surface area contributed by atoms with Crippen molar-refractivity contribution in [2.24, 2.45) is 11.8 Å². The number of carbonyl (C=O) groups excluding carboxylic acids is 2. The molecule has 1 N–H and O–H groups in total. The van der Waals surface area contributed by atoms with E-state index in [4.69, 9.17) is 9.47 Å². The van der Waals surface area contributed by atoms with E-state index in [0.29, 0.717) is 12.8 Å². The zero-order valence-corrected chi connectivity index (χ0v) is 30.7. The van der Waals surface area contributed by atoms with Gasteiger partial charge in [0.1, 0.15) is 19.3 Å². The monoisotopic (exact) mass is 639 g/mol. The van der Waals surface area contributed by atoms with Gasteiger partial charge in [-0.2, -0.15) is 0 Å². The topological polar surface area (TPSA) is 72.8 Å². The van der Waals surface area contributed by atoms with Crippen molar-refractivity contribution >= 4 is 11.9 Å². The number of hydrogen-bond donors (Lipinski definition) is 1. The molecule has 0 aliphatic heterocycles. The number of aliphatic hydroxyl groups is 1. The minimum absolute atomic E-state index is 0.109. The minimum Gasteiger partial charge on any atom is -0.463 e. The summed E-state index contributed by atoms with van der Waals surface area (Å²) in [5, 5.41) is 10.0. The van der Waals surface area contributed by atoms with Crippen molar-refractivity contribution in [1.82, 2.24) is 0 Å². The summed E-state index contributed by atoms with van der Waals surface area (Å²) in [5.41, 5.74) is 0. The van der Waals surface area contributed by atoms with Crippen molar-refractivity contribution in [2.45, 2.75) is 220 Å². The molecular weight excluding hydrogens is 560 g/mol. The van der Waals surface area contributed by atoms with Crippen LogP contribution < -0.4 is 0 Å². The van der Waals surface area contributed by atoms with Gasteiger partial charge < -0.3 is 14.6 Å². The van der Waals surface area contributed by atoms with E-state index < -0.39 is 6.10 Å². The van der Waals surface area contributed by atoms with Crippen LogP contribution in [0.5, 0.6) is 0 Å². The second-order valence-corrected chi connectivity index (χ2v) is 14.5. The smallest absolute Gasteiger partial charge is 0.305 e. The first kappa shape index (κ1) is 43.9. The average Bonchev–Trinajstić information content (AvgIpc) is 3.02. The van der Waals surface area contributed by atoms with E-state index >= 15 is 0 Å². The molecule has 1 unspecified atom stereocenters. The first-order valence-electron chi connectivity index (χ1n) is 19.8. The fourth-order valence-corrected chi connectivity index (χ4v) is 5.89. The Labute approximate surface area is 280 Å². The van der Waals surface area contributed by atoms with Crippen molar-refractivity contribution in [3.63, 3.8) is 0 Å². The Morgan fingerprint density at radius 1 is 0.467 bits per heavy atom. The highest BCUT2D eigenvalue weighted by Crippen LogP contribution is 2.17. The molecule has 2 atom stereocenters. The van der Waals surface area contributed by atoms with E-state index in [1.54, 1.807) is 0 Å². The second kappa shape index (κ2) is 34.2.